The number of carbonyl (C=O) groups excluding carboxylic acids is 1. The molecule has 0 aliphatic heterocycles. The number of primary amides is 1. The predicted molar refractivity (Wildman–Crippen MR) is 80.6 cm³/mol. The Morgan fingerprint density at radius 1 is 1.43 bits per heavy atom. The highest BCUT2D eigenvalue weighted by Gasteiger charge is 2.42. The highest BCUT2D eigenvalue weighted by molar-refractivity contribution is 7.99. The Hall–Kier alpha value is -1.86. The number of nitrogens with two attached hydrogens (primary N) is 1. The van der Waals surface area contributed by atoms with E-state index in [2.05, 4.69) is 20.5 Å². The van der Waals surface area contributed by atoms with Crippen LogP contribution in [0.15, 0.2) is 41.8 Å². The van der Waals surface area contributed by atoms with Crippen LogP contribution in [-0.2, 0) is 10.3 Å². The molecule has 0 spiro atoms. The van der Waals surface area contributed by atoms with E-state index < -0.39 is 5.54 Å². The molecular weight excluding hydrogens is 286 g/mol. The van der Waals surface area contributed by atoms with Gasteiger partial charge in [0.25, 0.3) is 0 Å². The first-order valence-corrected chi connectivity index (χ1v) is 7.80. The molecular formula is C14H17N5OS. The van der Waals surface area contributed by atoms with E-state index >= 15 is 0 Å². The van der Waals surface area contributed by atoms with Crippen molar-refractivity contribution < 1.29 is 4.79 Å². The number of carbonyl (C=O) groups is 1. The smallest absolute Gasteiger partial charge is 0.243 e. The Balaban J connectivity index is 1.89. The summed E-state index contributed by atoms with van der Waals surface area (Å²) in [5, 5.41) is 10.7. The Morgan fingerprint density at radius 3 is 2.76 bits per heavy atom. The zero-order chi connectivity index (χ0) is 14.7. The zero-order valence-electron chi connectivity index (χ0n) is 11.5. The van der Waals surface area contributed by atoms with Gasteiger partial charge in [-0.25, -0.2) is 4.98 Å². The summed E-state index contributed by atoms with van der Waals surface area (Å²) in [6.07, 6.45) is 3.61. The molecule has 1 aliphatic carbocycles. The fourth-order valence-electron chi connectivity index (χ4n) is 2.23. The first kappa shape index (κ1) is 14.1. The fraction of sp³-hybridized carbons (Fsp3) is 0.357. The molecule has 7 heteroatoms. The van der Waals surface area contributed by atoms with Gasteiger partial charge in [-0.15, -0.1) is 0 Å². The maximum Gasteiger partial charge on any atom is 0.243 e. The predicted octanol–water partition coefficient (Wildman–Crippen LogP) is 1.03. The number of aromatic nitrogens is 3. The van der Waals surface area contributed by atoms with Gasteiger partial charge in [0, 0.05) is 11.8 Å². The average Bonchev–Trinajstić information content (AvgIpc) is 3.16. The monoisotopic (exact) mass is 303 g/mol. The Bertz CT molecular complexity index is 599. The standard InChI is InChI=1S/C14H17N5OS/c15-12(20)14(18-11-6-7-11,10-4-2-1-3-5-10)8-21-13-16-9-17-19-13/h1-5,9,11,18H,6-8H2,(H2,15,20)(H,16,17,19). The van der Waals surface area contributed by atoms with Crippen molar-refractivity contribution in [2.24, 2.45) is 5.73 Å². The molecule has 2 aromatic rings. The SMILES string of the molecule is NC(=O)C(CSc1ncn[nH]1)(NC1CC1)c1ccccc1. The molecule has 0 bridgehead atoms. The molecule has 1 saturated carbocycles. The van der Waals surface area contributed by atoms with Crippen LogP contribution in [0.4, 0.5) is 0 Å². The molecule has 1 fully saturated rings. The number of hydrogen-bond acceptors (Lipinski definition) is 5. The average molecular weight is 303 g/mol. The molecule has 1 amide bonds. The van der Waals surface area contributed by atoms with Gasteiger partial charge in [0.05, 0.1) is 0 Å². The van der Waals surface area contributed by atoms with Crippen molar-refractivity contribution in [2.45, 2.75) is 29.6 Å². The van der Waals surface area contributed by atoms with Gasteiger partial charge in [-0.05, 0) is 18.4 Å². The lowest BCUT2D eigenvalue weighted by atomic mass is 9.91. The van der Waals surface area contributed by atoms with Crippen molar-refractivity contribution in [1.82, 2.24) is 20.5 Å². The molecule has 0 radical (unpaired) electrons. The molecule has 0 saturated heterocycles. The van der Waals surface area contributed by atoms with E-state index in [1.165, 1.54) is 18.1 Å². The number of hydrogen-bond donors (Lipinski definition) is 3. The van der Waals surface area contributed by atoms with E-state index in [4.69, 9.17) is 5.73 Å². The first-order chi connectivity index (χ1) is 10.2. The molecule has 6 nitrogen and oxygen atoms in total. The van der Waals surface area contributed by atoms with Crippen molar-refractivity contribution in [3.05, 3.63) is 42.2 Å². The Morgan fingerprint density at radius 2 is 2.19 bits per heavy atom. The Kier molecular flexibility index (Phi) is 3.94. The summed E-state index contributed by atoms with van der Waals surface area (Å²) in [7, 11) is 0. The zero-order valence-corrected chi connectivity index (χ0v) is 12.3. The Labute approximate surface area is 126 Å². The highest BCUT2D eigenvalue weighted by Crippen LogP contribution is 2.32. The van der Waals surface area contributed by atoms with Gasteiger partial charge in [-0.2, -0.15) is 5.10 Å². The van der Waals surface area contributed by atoms with E-state index in [0.29, 0.717) is 17.0 Å². The number of amides is 1. The third-order valence-corrected chi connectivity index (χ3v) is 4.58. The van der Waals surface area contributed by atoms with Crippen LogP contribution < -0.4 is 11.1 Å². The molecule has 1 aromatic heterocycles. The second kappa shape index (κ2) is 5.87. The third kappa shape index (κ3) is 3.08. The van der Waals surface area contributed by atoms with Gasteiger partial charge in [-0.3, -0.25) is 15.2 Å². The fourth-order valence-corrected chi connectivity index (χ4v) is 3.22. The minimum absolute atomic E-state index is 0.355. The first-order valence-electron chi connectivity index (χ1n) is 6.82. The highest BCUT2D eigenvalue weighted by atomic mass is 32.2. The van der Waals surface area contributed by atoms with E-state index in [1.54, 1.807) is 0 Å². The van der Waals surface area contributed by atoms with Gasteiger partial charge in [-0.1, -0.05) is 42.1 Å². The van der Waals surface area contributed by atoms with E-state index in [-0.39, 0.29) is 5.91 Å². The summed E-state index contributed by atoms with van der Waals surface area (Å²) < 4.78 is 0. The summed E-state index contributed by atoms with van der Waals surface area (Å²) in [4.78, 5) is 16.3. The van der Waals surface area contributed by atoms with E-state index in [0.717, 1.165) is 18.4 Å². The maximum atomic E-state index is 12.2. The number of thioether (sulfide) groups is 1. The summed E-state index contributed by atoms with van der Waals surface area (Å²) in [5.74, 6) is 0.102. The third-order valence-electron chi connectivity index (χ3n) is 3.53. The second-order valence-electron chi connectivity index (χ2n) is 5.13. The molecule has 3 rings (SSSR count). The molecule has 1 aromatic carbocycles. The lowest BCUT2D eigenvalue weighted by Crippen LogP contribution is -2.55. The van der Waals surface area contributed by atoms with Gasteiger partial charge in [0.1, 0.15) is 11.9 Å². The van der Waals surface area contributed by atoms with Crippen molar-refractivity contribution in [3.8, 4) is 0 Å². The number of nitrogens with zero attached hydrogens (tertiary/aromatic N) is 2. The number of rotatable bonds is 7. The van der Waals surface area contributed by atoms with Crippen LogP contribution in [0, 0.1) is 0 Å². The number of benzene rings is 1. The molecule has 1 atom stereocenters. The number of nitrogens with one attached hydrogen (secondary N) is 2. The van der Waals surface area contributed by atoms with Crippen molar-refractivity contribution in [2.75, 3.05) is 5.75 Å². The van der Waals surface area contributed by atoms with Crippen LogP contribution in [0.25, 0.3) is 0 Å². The van der Waals surface area contributed by atoms with Crippen LogP contribution in [0.2, 0.25) is 0 Å². The van der Waals surface area contributed by atoms with Gasteiger partial charge < -0.3 is 5.73 Å². The minimum atomic E-state index is -0.889. The van der Waals surface area contributed by atoms with Crippen LogP contribution in [0.3, 0.4) is 0 Å². The van der Waals surface area contributed by atoms with Crippen molar-refractivity contribution >= 4 is 17.7 Å². The lowest BCUT2D eigenvalue weighted by molar-refractivity contribution is -0.124. The summed E-state index contributed by atoms with van der Waals surface area (Å²) in [6.45, 7) is 0. The second-order valence-corrected chi connectivity index (χ2v) is 6.10. The van der Waals surface area contributed by atoms with E-state index in [9.17, 15) is 4.79 Å². The minimum Gasteiger partial charge on any atom is -0.368 e. The quantitative estimate of drug-likeness (QED) is 0.664. The van der Waals surface area contributed by atoms with Crippen molar-refractivity contribution in [1.29, 1.82) is 0 Å². The molecule has 1 unspecified atom stereocenters. The molecule has 4 N–H and O–H groups in total. The van der Waals surface area contributed by atoms with E-state index in [1.807, 2.05) is 30.3 Å². The lowest BCUT2D eigenvalue weighted by Gasteiger charge is -2.32. The summed E-state index contributed by atoms with van der Waals surface area (Å²) in [6, 6.07) is 9.98. The van der Waals surface area contributed by atoms with Crippen LogP contribution in [0.5, 0.6) is 0 Å². The van der Waals surface area contributed by atoms with Gasteiger partial charge in [0.15, 0.2) is 5.16 Å². The van der Waals surface area contributed by atoms with Gasteiger partial charge >= 0.3 is 0 Å². The van der Waals surface area contributed by atoms with Crippen LogP contribution in [-0.4, -0.2) is 32.9 Å². The van der Waals surface area contributed by atoms with Gasteiger partial charge in [0.2, 0.25) is 5.91 Å². The molecule has 1 aliphatic rings. The summed E-state index contributed by atoms with van der Waals surface area (Å²) in [5.41, 5.74) is 5.75. The largest absolute Gasteiger partial charge is 0.368 e. The van der Waals surface area contributed by atoms with Crippen molar-refractivity contribution in [3.63, 3.8) is 0 Å². The molecule has 1 heterocycles. The van der Waals surface area contributed by atoms with Crippen LogP contribution >= 0.6 is 11.8 Å². The molecule has 21 heavy (non-hydrogen) atoms. The molecule has 110 valence electrons. The van der Waals surface area contributed by atoms with Crippen LogP contribution in [0.1, 0.15) is 18.4 Å². The maximum absolute atomic E-state index is 12.2. The number of H-pyrrole nitrogens is 1. The topological polar surface area (TPSA) is 96.7 Å². The normalized spacial score (nSPS) is 17.3. The number of aromatic amines is 1. The summed E-state index contributed by atoms with van der Waals surface area (Å²) >= 11 is 1.43.